The summed E-state index contributed by atoms with van der Waals surface area (Å²) in [6.45, 7) is 1.82. The number of hydrogen-bond donors (Lipinski definition) is 3. The molecule has 6 heteroatoms. The van der Waals surface area contributed by atoms with Crippen LogP contribution in [-0.2, 0) is 10.0 Å². The highest BCUT2D eigenvalue weighted by Gasteiger charge is 2.15. The van der Waals surface area contributed by atoms with E-state index in [9.17, 15) is 8.42 Å². The van der Waals surface area contributed by atoms with E-state index in [2.05, 4.69) is 10.6 Å². The van der Waals surface area contributed by atoms with E-state index in [0.29, 0.717) is 11.7 Å². The Morgan fingerprint density at radius 3 is 2.83 bits per heavy atom. The normalized spacial score (nSPS) is 19.9. The fourth-order valence-electron chi connectivity index (χ4n) is 2.24. The van der Waals surface area contributed by atoms with Crippen LogP contribution in [0.5, 0.6) is 0 Å². The molecule has 1 heterocycles. The summed E-state index contributed by atoms with van der Waals surface area (Å²) >= 11 is 0. The van der Waals surface area contributed by atoms with E-state index in [1.807, 2.05) is 0 Å². The second kappa shape index (κ2) is 5.69. The molecule has 0 spiro atoms. The van der Waals surface area contributed by atoms with Crippen molar-refractivity contribution in [3.63, 3.8) is 0 Å². The summed E-state index contributed by atoms with van der Waals surface area (Å²) in [4.78, 5) is 0.157. The first-order chi connectivity index (χ1) is 8.57. The van der Waals surface area contributed by atoms with Gasteiger partial charge in [0.1, 0.15) is 4.90 Å². The van der Waals surface area contributed by atoms with Crippen LogP contribution < -0.4 is 15.8 Å². The molecule has 0 aromatic heterocycles. The summed E-state index contributed by atoms with van der Waals surface area (Å²) in [7, 11) is -3.66. The number of rotatable bonds is 5. The van der Waals surface area contributed by atoms with E-state index in [1.165, 1.54) is 18.9 Å². The van der Waals surface area contributed by atoms with Crippen molar-refractivity contribution in [3.8, 4) is 0 Å². The molecule has 1 saturated heterocycles. The van der Waals surface area contributed by atoms with E-state index in [0.717, 1.165) is 19.5 Å². The van der Waals surface area contributed by atoms with E-state index in [1.54, 1.807) is 18.2 Å². The highest BCUT2D eigenvalue weighted by molar-refractivity contribution is 7.89. The zero-order chi connectivity index (χ0) is 13.0. The van der Waals surface area contributed by atoms with Crippen LogP contribution in [0.2, 0.25) is 0 Å². The van der Waals surface area contributed by atoms with Crippen molar-refractivity contribution in [2.24, 2.45) is 5.14 Å². The van der Waals surface area contributed by atoms with Gasteiger partial charge in [-0.3, -0.25) is 0 Å². The van der Waals surface area contributed by atoms with Gasteiger partial charge in [0, 0.05) is 12.6 Å². The molecule has 0 unspecified atom stereocenters. The summed E-state index contributed by atoms with van der Waals surface area (Å²) in [6, 6.07) is 7.26. The molecule has 2 rings (SSSR count). The number of primary sulfonamides is 1. The molecule has 4 N–H and O–H groups in total. The van der Waals surface area contributed by atoms with Gasteiger partial charge in [0.05, 0.1) is 5.69 Å². The second-order valence-electron chi connectivity index (χ2n) is 4.55. The van der Waals surface area contributed by atoms with Crippen LogP contribution in [-0.4, -0.2) is 27.5 Å². The smallest absolute Gasteiger partial charge is 0.240 e. The number of para-hydroxylation sites is 1. The van der Waals surface area contributed by atoms with Crippen LogP contribution in [0.1, 0.15) is 19.3 Å². The fourth-order valence-corrected chi connectivity index (χ4v) is 2.96. The van der Waals surface area contributed by atoms with Crippen LogP contribution in [0.4, 0.5) is 5.69 Å². The lowest BCUT2D eigenvalue weighted by Crippen LogP contribution is -2.24. The van der Waals surface area contributed by atoms with Crippen LogP contribution in [0.25, 0.3) is 0 Å². The van der Waals surface area contributed by atoms with E-state index >= 15 is 0 Å². The minimum atomic E-state index is -3.66. The van der Waals surface area contributed by atoms with Gasteiger partial charge in [-0.15, -0.1) is 0 Å². The Balaban J connectivity index is 1.96. The van der Waals surface area contributed by atoms with Crippen molar-refractivity contribution in [1.82, 2.24) is 5.32 Å². The maximum atomic E-state index is 11.4. The molecule has 18 heavy (non-hydrogen) atoms. The maximum absolute atomic E-state index is 11.4. The van der Waals surface area contributed by atoms with E-state index in [4.69, 9.17) is 5.14 Å². The molecular formula is C12H19N3O2S. The quantitative estimate of drug-likeness (QED) is 0.741. The number of sulfonamides is 1. The lowest BCUT2D eigenvalue weighted by molar-refractivity contribution is 0.574. The molecule has 0 saturated carbocycles. The van der Waals surface area contributed by atoms with Gasteiger partial charge in [-0.1, -0.05) is 12.1 Å². The van der Waals surface area contributed by atoms with Crippen LogP contribution >= 0.6 is 0 Å². The molecule has 1 aromatic rings. The zero-order valence-corrected chi connectivity index (χ0v) is 11.0. The zero-order valence-electron chi connectivity index (χ0n) is 10.2. The van der Waals surface area contributed by atoms with Crippen LogP contribution in [0.15, 0.2) is 29.2 Å². The molecular weight excluding hydrogens is 250 g/mol. The topological polar surface area (TPSA) is 84.2 Å². The van der Waals surface area contributed by atoms with Crippen LogP contribution in [0, 0.1) is 0 Å². The number of benzene rings is 1. The highest BCUT2D eigenvalue weighted by atomic mass is 32.2. The Bertz CT molecular complexity index is 496. The molecule has 0 bridgehead atoms. The third-order valence-electron chi connectivity index (χ3n) is 3.16. The monoisotopic (exact) mass is 269 g/mol. The molecule has 0 aliphatic carbocycles. The molecule has 1 aliphatic rings. The van der Waals surface area contributed by atoms with Gasteiger partial charge >= 0.3 is 0 Å². The molecule has 1 atom stereocenters. The molecule has 0 amide bonds. The minimum absolute atomic E-state index is 0.157. The van der Waals surface area contributed by atoms with Gasteiger partial charge in [0.25, 0.3) is 0 Å². The first-order valence-corrected chi connectivity index (χ1v) is 7.71. The summed E-state index contributed by atoms with van der Waals surface area (Å²) < 4.78 is 22.8. The Morgan fingerprint density at radius 1 is 1.39 bits per heavy atom. The summed E-state index contributed by atoms with van der Waals surface area (Å²) in [5.74, 6) is 0. The van der Waals surface area contributed by atoms with Crippen molar-refractivity contribution in [3.05, 3.63) is 24.3 Å². The van der Waals surface area contributed by atoms with Gasteiger partial charge in [-0.05, 0) is 37.9 Å². The van der Waals surface area contributed by atoms with Gasteiger partial charge in [-0.2, -0.15) is 0 Å². The highest BCUT2D eigenvalue weighted by Crippen LogP contribution is 2.19. The summed E-state index contributed by atoms with van der Waals surface area (Å²) in [5.41, 5.74) is 0.581. The van der Waals surface area contributed by atoms with Crippen molar-refractivity contribution >= 4 is 15.7 Å². The first kappa shape index (κ1) is 13.3. The predicted molar refractivity (Wildman–Crippen MR) is 71.9 cm³/mol. The van der Waals surface area contributed by atoms with Gasteiger partial charge in [-0.25, -0.2) is 13.6 Å². The lowest BCUT2D eigenvalue weighted by Gasteiger charge is -2.13. The van der Waals surface area contributed by atoms with Crippen LogP contribution in [0.3, 0.4) is 0 Å². The molecule has 100 valence electrons. The van der Waals surface area contributed by atoms with Gasteiger partial charge in [0.2, 0.25) is 10.0 Å². The van der Waals surface area contributed by atoms with Gasteiger partial charge < -0.3 is 10.6 Å². The number of nitrogens with one attached hydrogen (secondary N) is 2. The number of nitrogens with two attached hydrogens (primary N) is 1. The Labute approximate surface area is 108 Å². The average Bonchev–Trinajstić information content (AvgIpc) is 2.81. The Morgan fingerprint density at radius 2 is 2.17 bits per heavy atom. The predicted octanol–water partition coefficient (Wildman–Crippen LogP) is 0.888. The van der Waals surface area contributed by atoms with Crippen molar-refractivity contribution in [1.29, 1.82) is 0 Å². The maximum Gasteiger partial charge on any atom is 0.240 e. The second-order valence-corrected chi connectivity index (χ2v) is 6.08. The minimum Gasteiger partial charge on any atom is -0.384 e. The van der Waals surface area contributed by atoms with Gasteiger partial charge in [0.15, 0.2) is 0 Å². The van der Waals surface area contributed by atoms with Crippen molar-refractivity contribution in [2.75, 3.05) is 18.4 Å². The fraction of sp³-hybridized carbons (Fsp3) is 0.500. The molecule has 1 fully saturated rings. The van der Waals surface area contributed by atoms with E-state index in [-0.39, 0.29) is 4.90 Å². The lowest BCUT2D eigenvalue weighted by atomic mass is 10.1. The molecule has 1 aromatic carbocycles. The third-order valence-corrected chi connectivity index (χ3v) is 4.13. The number of hydrogen-bond acceptors (Lipinski definition) is 4. The Kier molecular flexibility index (Phi) is 4.21. The molecule has 1 aliphatic heterocycles. The summed E-state index contributed by atoms with van der Waals surface area (Å²) in [5, 5.41) is 11.7. The van der Waals surface area contributed by atoms with Crippen molar-refractivity contribution in [2.45, 2.75) is 30.2 Å². The average molecular weight is 269 g/mol. The molecule has 0 radical (unpaired) electrons. The first-order valence-electron chi connectivity index (χ1n) is 6.16. The molecule has 5 nitrogen and oxygen atoms in total. The van der Waals surface area contributed by atoms with E-state index < -0.39 is 10.0 Å². The standard InChI is InChI=1S/C12H19N3O2S/c13-18(16,17)12-6-2-1-5-11(12)15-9-7-10-4-3-8-14-10/h1-2,5-6,10,14-15H,3-4,7-9H2,(H2,13,16,17)/t10-/m1/s1. The Hall–Kier alpha value is -1.11. The SMILES string of the molecule is NS(=O)(=O)c1ccccc1NCC[C@H]1CCCN1. The van der Waals surface area contributed by atoms with Crippen molar-refractivity contribution < 1.29 is 8.42 Å². The third kappa shape index (κ3) is 3.44. The largest absolute Gasteiger partial charge is 0.384 e. The summed E-state index contributed by atoms with van der Waals surface area (Å²) in [6.07, 6.45) is 3.40. The number of anilines is 1.